The molecule has 140 valence electrons. The van der Waals surface area contributed by atoms with E-state index in [1.54, 1.807) is 0 Å². The van der Waals surface area contributed by atoms with Gasteiger partial charge in [-0.25, -0.2) is 0 Å². The quantitative estimate of drug-likeness (QED) is 0.650. The molecule has 1 saturated heterocycles. The SMILES string of the molecule is CCN1CCN(c2nsnc2OC(c2ccccc2)c2ccccc2)CC1. The van der Waals surface area contributed by atoms with Crippen LogP contribution in [0.3, 0.4) is 0 Å². The highest BCUT2D eigenvalue weighted by molar-refractivity contribution is 6.99. The van der Waals surface area contributed by atoms with Crippen LogP contribution in [0.2, 0.25) is 0 Å². The smallest absolute Gasteiger partial charge is 0.271 e. The first-order valence-corrected chi connectivity index (χ1v) is 10.1. The van der Waals surface area contributed by atoms with Gasteiger partial charge in [-0.2, -0.15) is 4.37 Å². The average Bonchev–Trinajstić information content (AvgIpc) is 3.21. The van der Waals surface area contributed by atoms with Crippen LogP contribution in [0.25, 0.3) is 0 Å². The van der Waals surface area contributed by atoms with E-state index in [0.717, 1.165) is 49.7 Å². The Kier molecular flexibility index (Phi) is 5.65. The molecular formula is C21H24N4OS. The number of benzene rings is 2. The zero-order chi connectivity index (χ0) is 18.5. The predicted octanol–water partition coefficient (Wildman–Crippen LogP) is 3.85. The molecule has 0 aliphatic carbocycles. The molecule has 0 spiro atoms. The third-order valence-electron chi connectivity index (χ3n) is 5.00. The summed E-state index contributed by atoms with van der Waals surface area (Å²) in [5.41, 5.74) is 2.22. The Morgan fingerprint density at radius 3 is 2.04 bits per heavy atom. The van der Waals surface area contributed by atoms with Crippen LogP contribution in [-0.4, -0.2) is 46.4 Å². The Labute approximate surface area is 164 Å². The van der Waals surface area contributed by atoms with Gasteiger partial charge in [0.25, 0.3) is 5.88 Å². The first kappa shape index (κ1) is 17.9. The second kappa shape index (κ2) is 8.50. The molecule has 2 heterocycles. The van der Waals surface area contributed by atoms with Gasteiger partial charge >= 0.3 is 0 Å². The van der Waals surface area contributed by atoms with Crippen LogP contribution < -0.4 is 9.64 Å². The molecule has 5 nitrogen and oxygen atoms in total. The van der Waals surface area contributed by atoms with Gasteiger partial charge in [0.2, 0.25) is 5.82 Å². The maximum Gasteiger partial charge on any atom is 0.271 e. The number of rotatable bonds is 6. The van der Waals surface area contributed by atoms with Crippen LogP contribution in [0.5, 0.6) is 5.88 Å². The Morgan fingerprint density at radius 2 is 1.48 bits per heavy atom. The summed E-state index contributed by atoms with van der Waals surface area (Å²) in [4.78, 5) is 4.74. The Morgan fingerprint density at radius 1 is 0.889 bits per heavy atom. The van der Waals surface area contributed by atoms with E-state index in [9.17, 15) is 0 Å². The lowest BCUT2D eigenvalue weighted by atomic mass is 10.0. The van der Waals surface area contributed by atoms with Crippen molar-refractivity contribution in [3.8, 4) is 5.88 Å². The molecular weight excluding hydrogens is 356 g/mol. The first-order chi connectivity index (χ1) is 13.3. The molecule has 0 bridgehead atoms. The van der Waals surface area contributed by atoms with Crippen molar-refractivity contribution in [2.75, 3.05) is 37.6 Å². The highest BCUT2D eigenvalue weighted by Crippen LogP contribution is 2.33. The Hall–Kier alpha value is -2.44. The second-order valence-electron chi connectivity index (χ2n) is 6.63. The van der Waals surface area contributed by atoms with Crippen LogP contribution in [0, 0.1) is 0 Å². The minimum Gasteiger partial charge on any atom is -0.461 e. The van der Waals surface area contributed by atoms with Crippen molar-refractivity contribution < 1.29 is 4.74 Å². The summed E-state index contributed by atoms with van der Waals surface area (Å²) >= 11 is 1.22. The molecule has 4 rings (SSSR count). The molecule has 0 atom stereocenters. The second-order valence-corrected chi connectivity index (χ2v) is 7.16. The van der Waals surface area contributed by atoms with Crippen LogP contribution in [0.1, 0.15) is 24.2 Å². The highest BCUT2D eigenvalue weighted by atomic mass is 32.1. The molecule has 6 heteroatoms. The molecule has 27 heavy (non-hydrogen) atoms. The molecule has 1 aromatic heterocycles. The number of hydrogen-bond donors (Lipinski definition) is 0. The maximum absolute atomic E-state index is 6.45. The van der Waals surface area contributed by atoms with Crippen molar-refractivity contribution in [2.45, 2.75) is 13.0 Å². The zero-order valence-electron chi connectivity index (χ0n) is 15.5. The fourth-order valence-electron chi connectivity index (χ4n) is 3.41. The topological polar surface area (TPSA) is 41.5 Å². The third-order valence-corrected chi connectivity index (χ3v) is 5.50. The van der Waals surface area contributed by atoms with Gasteiger partial charge < -0.3 is 14.5 Å². The molecule has 1 aliphatic heterocycles. The van der Waals surface area contributed by atoms with E-state index in [2.05, 4.69) is 49.7 Å². The van der Waals surface area contributed by atoms with Crippen LogP contribution in [0.15, 0.2) is 60.7 Å². The number of nitrogens with zero attached hydrogens (tertiary/aromatic N) is 4. The summed E-state index contributed by atoms with van der Waals surface area (Å²) < 4.78 is 15.5. The summed E-state index contributed by atoms with van der Waals surface area (Å²) in [5, 5.41) is 0. The van der Waals surface area contributed by atoms with Gasteiger partial charge in [-0.1, -0.05) is 67.6 Å². The largest absolute Gasteiger partial charge is 0.461 e. The lowest BCUT2D eigenvalue weighted by Crippen LogP contribution is -2.46. The minimum absolute atomic E-state index is 0.202. The third kappa shape index (κ3) is 4.12. The number of ether oxygens (including phenoxy) is 1. The number of aromatic nitrogens is 2. The molecule has 0 amide bonds. The molecule has 2 aromatic carbocycles. The summed E-state index contributed by atoms with van der Waals surface area (Å²) in [6.07, 6.45) is -0.202. The van der Waals surface area contributed by atoms with Crippen molar-refractivity contribution in [1.82, 2.24) is 13.6 Å². The van der Waals surface area contributed by atoms with E-state index in [-0.39, 0.29) is 6.10 Å². The fraction of sp³-hybridized carbons (Fsp3) is 0.333. The molecule has 1 fully saturated rings. The zero-order valence-corrected chi connectivity index (χ0v) is 16.3. The van der Waals surface area contributed by atoms with Crippen molar-refractivity contribution >= 4 is 17.5 Å². The van der Waals surface area contributed by atoms with Gasteiger partial charge in [-0.05, 0) is 17.7 Å². The van der Waals surface area contributed by atoms with Crippen LogP contribution in [0.4, 0.5) is 5.82 Å². The number of hydrogen-bond acceptors (Lipinski definition) is 6. The van der Waals surface area contributed by atoms with Gasteiger partial charge in [-0.15, -0.1) is 4.37 Å². The minimum atomic E-state index is -0.202. The van der Waals surface area contributed by atoms with Gasteiger partial charge in [-0.3, -0.25) is 0 Å². The fourth-order valence-corrected chi connectivity index (χ4v) is 3.93. The van der Waals surface area contributed by atoms with Crippen molar-refractivity contribution in [1.29, 1.82) is 0 Å². The van der Waals surface area contributed by atoms with Crippen LogP contribution in [-0.2, 0) is 0 Å². The molecule has 0 saturated carbocycles. The molecule has 0 N–H and O–H groups in total. The van der Waals surface area contributed by atoms with Crippen molar-refractivity contribution in [2.24, 2.45) is 0 Å². The highest BCUT2D eigenvalue weighted by Gasteiger charge is 2.25. The maximum atomic E-state index is 6.45. The van der Waals surface area contributed by atoms with Crippen molar-refractivity contribution in [3.63, 3.8) is 0 Å². The summed E-state index contributed by atoms with van der Waals surface area (Å²) in [7, 11) is 0. The standard InChI is InChI=1S/C21H24N4OS/c1-2-24-13-15-25(16-14-24)20-21(23-27-22-20)26-19(17-9-5-3-6-10-17)18-11-7-4-8-12-18/h3-12,19H,2,13-16H2,1H3. The van der Waals surface area contributed by atoms with E-state index in [1.165, 1.54) is 11.7 Å². The van der Waals surface area contributed by atoms with E-state index in [0.29, 0.717) is 5.88 Å². The van der Waals surface area contributed by atoms with Gasteiger partial charge in [0.1, 0.15) is 0 Å². The Balaban J connectivity index is 1.59. The van der Waals surface area contributed by atoms with E-state index >= 15 is 0 Å². The Bertz CT molecular complexity index is 792. The summed E-state index contributed by atoms with van der Waals surface area (Å²) in [6.45, 7) is 7.31. The normalized spacial score (nSPS) is 15.3. The lowest BCUT2D eigenvalue weighted by molar-refractivity contribution is 0.236. The predicted molar refractivity (Wildman–Crippen MR) is 110 cm³/mol. The van der Waals surface area contributed by atoms with Gasteiger partial charge in [0, 0.05) is 26.2 Å². The van der Waals surface area contributed by atoms with Crippen LogP contribution >= 0.6 is 11.7 Å². The van der Waals surface area contributed by atoms with Gasteiger partial charge in [0.15, 0.2) is 6.10 Å². The molecule has 3 aromatic rings. The summed E-state index contributed by atoms with van der Waals surface area (Å²) in [6, 6.07) is 20.6. The van der Waals surface area contributed by atoms with E-state index in [1.807, 2.05) is 36.4 Å². The molecule has 0 unspecified atom stereocenters. The summed E-state index contributed by atoms with van der Waals surface area (Å²) in [5.74, 6) is 1.50. The monoisotopic (exact) mass is 380 g/mol. The lowest BCUT2D eigenvalue weighted by Gasteiger charge is -2.34. The first-order valence-electron chi connectivity index (χ1n) is 9.41. The number of anilines is 1. The number of piperazine rings is 1. The molecule has 0 radical (unpaired) electrons. The van der Waals surface area contributed by atoms with Gasteiger partial charge in [0.05, 0.1) is 11.7 Å². The van der Waals surface area contributed by atoms with Crippen molar-refractivity contribution in [3.05, 3.63) is 71.8 Å². The molecule has 1 aliphatic rings. The van der Waals surface area contributed by atoms with E-state index in [4.69, 9.17) is 4.74 Å². The average molecular weight is 381 g/mol. The van der Waals surface area contributed by atoms with E-state index < -0.39 is 0 Å². The number of likely N-dealkylation sites (N-methyl/N-ethyl adjacent to an activating group) is 1.